The van der Waals surface area contributed by atoms with Crippen LogP contribution in [0.1, 0.15) is 5.56 Å². The number of hydrogen-bond donors (Lipinski definition) is 1. The number of nitrogens with two attached hydrogens (primary N) is 1. The van der Waals surface area contributed by atoms with Gasteiger partial charge in [0, 0.05) is 13.2 Å². The van der Waals surface area contributed by atoms with Gasteiger partial charge < -0.3 is 19.7 Å². The van der Waals surface area contributed by atoms with Gasteiger partial charge in [0.05, 0.1) is 19.3 Å². The van der Waals surface area contributed by atoms with Gasteiger partial charge in [-0.1, -0.05) is 17.3 Å². The Morgan fingerprint density at radius 3 is 2.76 bits per heavy atom. The molecule has 0 fully saturated rings. The van der Waals surface area contributed by atoms with E-state index in [1.165, 1.54) is 0 Å². The Morgan fingerprint density at radius 2 is 2.18 bits per heavy atom. The van der Waals surface area contributed by atoms with Crippen molar-refractivity contribution in [2.24, 2.45) is 0 Å². The standard InChI is InChI=1S/C12H14N2O3/c1-15-7-8-4-3-5-9(16-2)12(8)10-6-11(13)14-17-10/h3-6H,7H2,1-2H3,(H2,13,14). The molecule has 0 saturated carbocycles. The molecular weight excluding hydrogens is 220 g/mol. The van der Waals surface area contributed by atoms with E-state index in [9.17, 15) is 0 Å². The van der Waals surface area contributed by atoms with Crippen LogP contribution in [-0.4, -0.2) is 19.4 Å². The van der Waals surface area contributed by atoms with Crippen LogP contribution >= 0.6 is 0 Å². The van der Waals surface area contributed by atoms with Gasteiger partial charge in [0.1, 0.15) is 5.75 Å². The van der Waals surface area contributed by atoms with Crippen LogP contribution in [0.4, 0.5) is 5.82 Å². The van der Waals surface area contributed by atoms with Crippen molar-refractivity contribution in [3.8, 4) is 17.1 Å². The Labute approximate surface area is 99.1 Å². The van der Waals surface area contributed by atoms with Crippen LogP contribution in [0.25, 0.3) is 11.3 Å². The van der Waals surface area contributed by atoms with Gasteiger partial charge in [-0.25, -0.2) is 0 Å². The van der Waals surface area contributed by atoms with E-state index < -0.39 is 0 Å². The molecule has 5 nitrogen and oxygen atoms in total. The maximum atomic E-state index is 5.55. The third-order valence-corrected chi connectivity index (χ3v) is 2.41. The summed E-state index contributed by atoms with van der Waals surface area (Å²) in [4.78, 5) is 0. The molecule has 0 aliphatic carbocycles. The monoisotopic (exact) mass is 234 g/mol. The summed E-state index contributed by atoms with van der Waals surface area (Å²) in [6.07, 6.45) is 0. The summed E-state index contributed by atoms with van der Waals surface area (Å²) in [5.74, 6) is 1.62. The second kappa shape index (κ2) is 4.88. The largest absolute Gasteiger partial charge is 0.496 e. The molecule has 0 bridgehead atoms. The van der Waals surface area contributed by atoms with Crippen molar-refractivity contribution in [1.82, 2.24) is 5.16 Å². The Balaban J connectivity index is 2.55. The van der Waals surface area contributed by atoms with E-state index in [-0.39, 0.29) is 0 Å². The van der Waals surface area contributed by atoms with Gasteiger partial charge in [-0.15, -0.1) is 0 Å². The van der Waals surface area contributed by atoms with Crippen molar-refractivity contribution >= 4 is 5.82 Å². The van der Waals surface area contributed by atoms with E-state index in [1.807, 2.05) is 18.2 Å². The van der Waals surface area contributed by atoms with Crippen molar-refractivity contribution in [1.29, 1.82) is 0 Å². The molecule has 0 amide bonds. The molecule has 0 unspecified atom stereocenters. The molecule has 0 aliphatic rings. The summed E-state index contributed by atoms with van der Waals surface area (Å²) in [6, 6.07) is 7.36. The Kier molecular flexibility index (Phi) is 3.30. The first-order valence-electron chi connectivity index (χ1n) is 5.13. The van der Waals surface area contributed by atoms with Crippen molar-refractivity contribution < 1.29 is 14.0 Å². The number of methoxy groups -OCH3 is 2. The fourth-order valence-electron chi connectivity index (χ4n) is 1.71. The van der Waals surface area contributed by atoms with Gasteiger partial charge >= 0.3 is 0 Å². The van der Waals surface area contributed by atoms with Crippen LogP contribution in [0.5, 0.6) is 5.75 Å². The first kappa shape index (κ1) is 11.5. The highest BCUT2D eigenvalue weighted by molar-refractivity contribution is 5.71. The van der Waals surface area contributed by atoms with Crippen molar-refractivity contribution in [3.63, 3.8) is 0 Å². The topological polar surface area (TPSA) is 70.5 Å². The summed E-state index contributed by atoms with van der Waals surface area (Å²) in [6.45, 7) is 0.465. The fourth-order valence-corrected chi connectivity index (χ4v) is 1.71. The van der Waals surface area contributed by atoms with Gasteiger partial charge in [-0.2, -0.15) is 0 Å². The van der Waals surface area contributed by atoms with Gasteiger partial charge in [0.15, 0.2) is 11.6 Å². The van der Waals surface area contributed by atoms with E-state index in [4.69, 9.17) is 19.7 Å². The predicted molar refractivity (Wildman–Crippen MR) is 63.6 cm³/mol. The highest BCUT2D eigenvalue weighted by Crippen LogP contribution is 2.34. The number of nitrogen functional groups attached to an aromatic ring is 1. The number of ether oxygens (including phenoxy) is 2. The highest BCUT2D eigenvalue weighted by atomic mass is 16.5. The third-order valence-electron chi connectivity index (χ3n) is 2.41. The number of anilines is 1. The summed E-state index contributed by atoms with van der Waals surface area (Å²) in [5.41, 5.74) is 7.34. The van der Waals surface area contributed by atoms with Crippen LogP contribution in [0.15, 0.2) is 28.8 Å². The summed E-state index contributed by atoms with van der Waals surface area (Å²) >= 11 is 0. The predicted octanol–water partition coefficient (Wildman–Crippen LogP) is 2.08. The number of benzene rings is 1. The van der Waals surface area contributed by atoms with Crippen LogP contribution in [0.3, 0.4) is 0 Å². The number of nitrogens with zero attached hydrogens (tertiary/aromatic N) is 1. The molecule has 0 spiro atoms. The zero-order valence-corrected chi connectivity index (χ0v) is 9.77. The van der Waals surface area contributed by atoms with E-state index in [1.54, 1.807) is 20.3 Å². The van der Waals surface area contributed by atoms with Crippen molar-refractivity contribution in [2.45, 2.75) is 6.61 Å². The molecule has 1 aromatic heterocycles. The van der Waals surface area contributed by atoms with E-state index >= 15 is 0 Å². The molecule has 2 rings (SSSR count). The smallest absolute Gasteiger partial charge is 0.173 e. The van der Waals surface area contributed by atoms with E-state index in [0.29, 0.717) is 23.9 Å². The second-order valence-electron chi connectivity index (χ2n) is 3.54. The van der Waals surface area contributed by atoms with Gasteiger partial charge in [0.2, 0.25) is 0 Å². The lowest BCUT2D eigenvalue weighted by molar-refractivity contribution is 0.185. The lowest BCUT2D eigenvalue weighted by Crippen LogP contribution is -1.95. The molecule has 0 atom stereocenters. The summed E-state index contributed by atoms with van der Waals surface area (Å²) < 4.78 is 15.6. The normalized spacial score (nSPS) is 10.5. The van der Waals surface area contributed by atoms with Crippen molar-refractivity contribution in [3.05, 3.63) is 29.8 Å². The minimum absolute atomic E-state index is 0.342. The maximum absolute atomic E-state index is 5.55. The van der Waals surface area contributed by atoms with Gasteiger partial charge in [-0.3, -0.25) is 0 Å². The fraction of sp³-hybridized carbons (Fsp3) is 0.250. The van der Waals surface area contributed by atoms with Crippen molar-refractivity contribution in [2.75, 3.05) is 20.0 Å². The lowest BCUT2D eigenvalue weighted by atomic mass is 10.0. The molecule has 90 valence electrons. The average molecular weight is 234 g/mol. The van der Waals surface area contributed by atoms with Crippen LogP contribution in [0.2, 0.25) is 0 Å². The molecule has 0 saturated heterocycles. The molecule has 17 heavy (non-hydrogen) atoms. The third kappa shape index (κ3) is 2.24. The minimum atomic E-state index is 0.342. The minimum Gasteiger partial charge on any atom is -0.496 e. The van der Waals surface area contributed by atoms with Gasteiger partial charge in [-0.05, 0) is 11.6 Å². The molecule has 1 aromatic carbocycles. The Hall–Kier alpha value is -2.01. The zero-order chi connectivity index (χ0) is 12.3. The molecule has 1 heterocycles. The first-order chi connectivity index (χ1) is 8.26. The maximum Gasteiger partial charge on any atom is 0.173 e. The number of aromatic nitrogens is 1. The van der Waals surface area contributed by atoms with E-state index in [0.717, 1.165) is 11.1 Å². The summed E-state index contributed by atoms with van der Waals surface area (Å²) in [7, 11) is 3.24. The number of hydrogen-bond acceptors (Lipinski definition) is 5. The first-order valence-corrected chi connectivity index (χ1v) is 5.13. The zero-order valence-electron chi connectivity index (χ0n) is 9.77. The Morgan fingerprint density at radius 1 is 1.35 bits per heavy atom. The SMILES string of the molecule is COCc1cccc(OC)c1-c1cc(N)no1. The molecule has 0 radical (unpaired) electrons. The quantitative estimate of drug-likeness (QED) is 0.876. The number of rotatable bonds is 4. The molecule has 5 heteroatoms. The van der Waals surface area contributed by atoms with E-state index in [2.05, 4.69) is 5.16 Å². The Bertz CT molecular complexity index is 508. The molecular formula is C12H14N2O3. The second-order valence-corrected chi connectivity index (χ2v) is 3.54. The molecule has 0 aliphatic heterocycles. The lowest BCUT2D eigenvalue weighted by Gasteiger charge is -2.10. The van der Waals surface area contributed by atoms with Crippen LogP contribution in [-0.2, 0) is 11.3 Å². The molecule has 2 N–H and O–H groups in total. The van der Waals surface area contributed by atoms with Gasteiger partial charge in [0.25, 0.3) is 0 Å². The summed E-state index contributed by atoms with van der Waals surface area (Å²) in [5, 5.41) is 3.68. The van der Waals surface area contributed by atoms with Crippen LogP contribution in [0, 0.1) is 0 Å². The average Bonchev–Trinajstić information content (AvgIpc) is 2.75. The van der Waals surface area contributed by atoms with Crippen LogP contribution < -0.4 is 10.5 Å². The highest BCUT2D eigenvalue weighted by Gasteiger charge is 2.15. The molecule has 2 aromatic rings.